The van der Waals surface area contributed by atoms with E-state index in [2.05, 4.69) is 35.4 Å². The van der Waals surface area contributed by atoms with Crippen LogP contribution in [0.1, 0.15) is 24.3 Å². The Morgan fingerprint density at radius 3 is 2.70 bits per heavy atom. The summed E-state index contributed by atoms with van der Waals surface area (Å²) in [5.74, 6) is 0. The minimum atomic E-state index is -0.515. The summed E-state index contributed by atoms with van der Waals surface area (Å²) in [6, 6.07) is 16.5. The Morgan fingerprint density at radius 1 is 1.10 bits per heavy atom. The molecule has 3 rings (SSSR count). The first-order chi connectivity index (χ1) is 9.78. The van der Waals surface area contributed by atoms with Crippen molar-refractivity contribution in [3.05, 3.63) is 66.0 Å². The Balaban J connectivity index is 1.85. The maximum absolute atomic E-state index is 10.4. The lowest BCUT2D eigenvalue weighted by molar-refractivity contribution is 0.167. The van der Waals surface area contributed by atoms with E-state index >= 15 is 0 Å². The summed E-state index contributed by atoms with van der Waals surface area (Å²) in [6.07, 6.45) is 1.83. The molecular formula is C17H18N2O. The fraction of sp³-hybridized carbons (Fsp3) is 0.235. The Hall–Kier alpha value is -2.13. The van der Waals surface area contributed by atoms with Crippen molar-refractivity contribution in [2.45, 2.75) is 26.0 Å². The van der Waals surface area contributed by atoms with Crippen LogP contribution in [0.15, 0.2) is 54.7 Å². The van der Waals surface area contributed by atoms with Crippen LogP contribution in [0.4, 0.5) is 0 Å². The minimum absolute atomic E-state index is 0.515. The van der Waals surface area contributed by atoms with Crippen molar-refractivity contribution in [1.82, 2.24) is 9.78 Å². The Labute approximate surface area is 118 Å². The van der Waals surface area contributed by atoms with Gasteiger partial charge in [-0.2, -0.15) is 5.10 Å². The minimum Gasteiger partial charge on any atom is -0.386 e. The molecule has 1 unspecified atom stereocenters. The van der Waals surface area contributed by atoms with Gasteiger partial charge in [-0.1, -0.05) is 42.5 Å². The van der Waals surface area contributed by atoms with Gasteiger partial charge in [0.15, 0.2) is 0 Å². The molecule has 0 saturated carbocycles. The van der Waals surface area contributed by atoms with Gasteiger partial charge in [0.2, 0.25) is 0 Å². The van der Waals surface area contributed by atoms with E-state index in [-0.39, 0.29) is 0 Å². The third-order valence-electron chi connectivity index (χ3n) is 3.63. The molecule has 0 aliphatic heterocycles. The van der Waals surface area contributed by atoms with Gasteiger partial charge >= 0.3 is 0 Å². The molecule has 1 heterocycles. The van der Waals surface area contributed by atoms with Crippen molar-refractivity contribution in [2.24, 2.45) is 0 Å². The predicted molar refractivity (Wildman–Crippen MR) is 80.5 cm³/mol. The van der Waals surface area contributed by atoms with Gasteiger partial charge in [0.1, 0.15) is 0 Å². The van der Waals surface area contributed by atoms with Crippen molar-refractivity contribution in [1.29, 1.82) is 0 Å². The number of aliphatic hydroxyl groups is 1. The van der Waals surface area contributed by atoms with Crippen molar-refractivity contribution in [3.8, 4) is 0 Å². The third kappa shape index (κ3) is 2.45. The molecule has 0 saturated heterocycles. The van der Waals surface area contributed by atoms with Gasteiger partial charge in [0.25, 0.3) is 0 Å². The predicted octanol–water partition coefficient (Wildman–Crippen LogP) is 3.33. The molecule has 1 atom stereocenters. The summed E-state index contributed by atoms with van der Waals surface area (Å²) in [4.78, 5) is 0. The molecule has 0 aliphatic rings. The summed E-state index contributed by atoms with van der Waals surface area (Å²) < 4.78 is 1.84. The van der Waals surface area contributed by atoms with Crippen LogP contribution in [0.25, 0.3) is 10.8 Å². The average Bonchev–Trinajstić information content (AvgIpc) is 2.95. The lowest BCUT2D eigenvalue weighted by Gasteiger charge is -2.13. The highest BCUT2D eigenvalue weighted by atomic mass is 16.3. The molecule has 20 heavy (non-hydrogen) atoms. The number of aromatic nitrogens is 2. The highest BCUT2D eigenvalue weighted by Crippen LogP contribution is 2.21. The molecule has 0 amide bonds. The molecule has 0 fully saturated rings. The number of hydrogen-bond donors (Lipinski definition) is 1. The first-order valence-corrected chi connectivity index (χ1v) is 6.95. The number of fused-ring (bicyclic) bond motifs is 1. The van der Waals surface area contributed by atoms with E-state index in [4.69, 9.17) is 0 Å². The van der Waals surface area contributed by atoms with Crippen molar-refractivity contribution in [2.75, 3.05) is 0 Å². The molecular weight excluding hydrogens is 248 g/mol. The largest absolute Gasteiger partial charge is 0.386 e. The maximum Gasteiger partial charge on any atom is 0.0996 e. The lowest BCUT2D eigenvalue weighted by atomic mass is 10.0. The Bertz CT molecular complexity index is 718. The van der Waals surface area contributed by atoms with Gasteiger partial charge < -0.3 is 5.11 Å². The van der Waals surface area contributed by atoms with E-state index < -0.39 is 6.10 Å². The number of aryl methyl sites for hydroxylation is 1. The first kappa shape index (κ1) is 12.9. The molecule has 1 aromatic heterocycles. The van der Waals surface area contributed by atoms with Gasteiger partial charge in [0.05, 0.1) is 11.8 Å². The summed E-state index contributed by atoms with van der Waals surface area (Å²) in [7, 11) is 0. The number of hydrogen-bond acceptors (Lipinski definition) is 2. The van der Waals surface area contributed by atoms with Crippen LogP contribution in [0.2, 0.25) is 0 Å². The van der Waals surface area contributed by atoms with Crippen LogP contribution < -0.4 is 0 Å². The van der Waals surface area contributed by atoms with Gasteiger partial charge in [-0.15, -0.1) is 0 Å². The zero-order valence-corrected chi connectivity index (χ0v) is 11.5. The van der Waals surface area contributed by atoms with Gasteiger partial charge in [-0.3, -0.25) is 4.68 Å². The summed E-state index contributed by atoms with van der Waals surface area (Å²) in [5.41, 5.74) is 2.01. The van der Waals surface area contributed by atoms with Crippen molar-refractivity contribution < 1.29 is 5.11 Å². The molecule has 0 bridgehead atoms. The maximum atomic E-state index is 10.4. The third-order valence-corrected chi connectivity index (χ3v) is 3.63. The van der Waals surface area contributed by atoms with Crippen molar-refractivity contribution >= 4 is 10.8 Å². The smallest absolute Gasteiger partial charge is 0.0996 e. The lowest BCUT2D eigenvalue weighted by Crippen LogP contribution is -2.10. The highest BCUT2D eigenvalue weighted by molar-refractivity contribution is 5.82. The Morgan fingerprint density at radius 2 is 1.90 bits per heavy atom. The topological polar surface area (TPSA) is 38.0 Å². The second kappa shape index (κ2) is 5.47. The normalized spacial score (nSPS) is 12.7. The molecule has 3 heteroatoms. The average molecular weight is 266 g/mol. The molecule has 1 N–H and O–H groups in total. The first-order valence-electron chi connectivity index (χ1n) is 6.95. The summed E-state index contributed by atoms with van der Waals surface area (Å²) in [5, 5.41) is 17.0. The van der Waals surface area contributed by atoms with Gasteiger partial charge in [-0.05, 0) is 29.3 Å². The van der Waals surface area contributed by atoms with E-state index in [1.54, 1.807) is 6.20 Å². The molecule has 2 aromatic carbocycles. The van der Waals surface area contributed by atoms with E-state index in [1.165, 1.54) is 10.8 Å². The quantitative estimate of drug-likeness (QED) is 0.786. The molecule has 0 radical (unpaired) electrons. The van der Waals surface area contributed by atoms with E-state index in [0.717, 1.165) is 17.8 Å². The van der Waals surface area contributed by atoms with Crippen LogP contribution in [-0.4, -0.2) is 14.9 Å². The summed E-state index contributed by atoms with van der Waals surface area (Å²) in [6.45, 7) is 2.80. The SMILES string of the molecule is CCn1nccc1C(O)Cc1ccc2ccccc2c1. The molecule has 3 aromatic rings. The molecule has 3 nitrogen and oxygen atoms in total. The van der Waals surface area contributed by atoms with Crippen LogP contribution in [0, 0.1) is 0 Å². The van der Waals surface area contributed by atoms with Gasteiger partial charge in [-0.25, -0.2) is 0 Å². The summed E-state index contributed by atoms with van der Waals surface area (Å²) >= 11 is 0. The highest BCUT2D eigenvalue weighted by Gasteiger charge is 2.13. The van der Waals surface area contributed by atoms with Crippen LogP contribution in [0.3, 0.4) is 0 Å². The van der Waals surface area contributed by atoms with E-state index in [9.17, 15) is 5.11 Å². The fourth-order valence-corrected chi connectivity index (χ4v) is 2.58. The number of rotatable bonds is 4. The number of benzene rings is 2. The second-order valence-electron chi connectivity index (χ2n) is 4.97. The van der Waals surface area contributed by atoms with E-state index in [0.29, 0.717) is 6.42 Å². The second-order valence-corrected chi connectivity index (χ2v) is 4.97. The van der Waals surface area contributed by atoms with Crippen LogP contribution >= 0.6 is 0 Å². The number of nitrogens with zero attached hydrogens (tertiary/aromatic N) is 2. The van der Waals surface area contributed by atoms with E-state index in [1.807, 2.05) is 29.8 Å². The van der Waals surface area contributed by atoms with Crippen LogP contribution in [-0.2, 0) is 13.0 Å². The standard InChI is InChI=1S/C17H18N2O/c1-2-19-16(9-10-18-19)17(20)12-13-7-8-14-5-3-4-6-15(14)11-13/h3-11,17,20H,2,12H2,1H3. The monoisotopic (exact) mass is 266 g/mol. The molecule has 0 aliphatic carbocycles. The zero-order valence-electron chi connectivity index (χ0n) is 11.5. The number of aliphatic hydroxyl groups excluding tert-OH is 1. The van der Waals surface area contributed by atoms with Crippen molar-refractivity contribution in [3.63, 3.8) is 0 Å². The Kier molecular flexibility index (Phi) is 3.52. The van der Waals surface area contributed by atoms with Crippen LogP contribution in [0.5, 0.6) is 0 Å². The fourth-order valence-electron chi connectivity index (χ4n) is 2.58. The zero-order chi connectivity index (χ0) is 13.9. The molecule has 0 spiro atoms. The molecule has 102 valence electrons. The van der Waals surface area contributed by atoms with Gasteiger partial charge in [0, 0.05) is 19.2 Å².